The molecule has 8 heteroatoms. The first kappa shape index (κ1) is 21.6. The number of carbonyl (C=O) groups excluding carboxylic acids is 1. The monoisotopic (exact) mass is 470 g/mol. The fraction of sp³-hybridized carbons (Fsp3) is 0.0769. The molecular weight excluding hydrogens is 452 g/mol. The minimum atomic E-state index is -0.578. The molecule has 3 aromatic carbocycles. The number of aromatic amines is 1. The summed E-state index contributed by atoms with van der Waals surface area (Å²) in [6.45, 7) is 1.88. The van der Waals surface area contributed by atoms with Gasteiger partial charge in [-0.05, 0) is 48.9 Å². The lowest BCUT2D eigenvalue weighted by Gasteiger charge is -2.09. The zero-order valence-corrected chi connectivity index (χ0v) is 19.1. The molecule has 0 spiro atoms. The van der Waals surface area contributed by atoms with Crippen molar-refractivity contribution in [1.82, 2.24) is 9.97 Å². The molecule has 1 amide bonds. The van der Waals surface area contributed by atoms with Gasteiger partial charge in [-0.25, -0.2) is 4.98 Å². The van der Waals surface area contributed by atoms with Crippen molar-refractivity contribution in [3.05, 3.63) is 82.9 Å². The van der Waals surface area contributed by atoms with E-state index in [9.17, 15) is 9.90 Å². The number of aromatic nitrogens is 2. The second-order valence-electron chi connectivity index (χ2n) is 7.80. The fourth-order valence-electron chi connectivity index (χ4n) is 3.88. The second-order valence-corrected chi connectivity index (χ2v) is 8.21. The smallest absolute Gasteiger partial charge is 0.296 e. The van der Waals surface area contributed by atoms with Crippen LogP contribution in [0, 0.1) is 6.92 Å². The predicted molar refractivity (Wildman–Crippen MR) is 132 cm³/mol. The summed E-state index contributed by atoms with van der Waals surface area (Å²) in [5, 5.41) is 20.0. The Kier molecular flexibility index (Phi) is 5.47. The standard InChI is InChI=1S/C26H19ClN4O3/c1-14-10-19-23(20(27)11-14)29-26(33)24(19)30-31-25(32)18-13-22(15-6-4-3-5-7-15)28-21-9-8-16(34-2)12-17(18)21/h3-13,29,33H,1-2H3. The number of rotatable bonds is 4. The van der Waals surface area contributed by atoms with E-state index >= 15 is 0 Å². The number of benzene rings is 3. The van der Waals surface area contributed by atoms with Crippen LogP contribution in [0.2, 0.25) is 5.02 Å². The SMILES string of the molecule is COc1ccc2nc(-c3ccccc3)cc(C(=O)N=Nc3c(O)[nH]c4c(Cl)cc(C)cc34)c2c1. The normalized spacial score (nSPS) is 11.5. The Morgan fingerprint density at radius 2 is 1.85 bits per heavy atom. The summed E-state index contributed by atoms with van der Waals surface area (Å²) < 4.78 is 5.33. The van der Waals surface area contributed by atoms with Gasteiger partial charge in [0.2, 0.25) is 5.88 Å². The number of fused-ring (bicyclic) bond motifs is 2. The van der Waals surface area contributed by atoms with E-state index in [-0.39, 0.29) is 11.6 Å². The van der Waals surface area contributed by atoms with Gasteiger partial charge in [0.05, 0.1) is 34.4 Å². The molecule has 0 aliphatic carbocycles. The van der Waals surface area contributed by atoms with Gasteiger partial charge < -0.3 is 14.8 Å². The largest absolute Gasteiger partial charge is 0.497 e. The molecule has 2 heterocycles. The lowest BCUT2D eigenvalue weighted by Crippen LogP contribution is -1.99. The summed E-state index contributed by atoms with van der Waals surface area (Å²) in [5.74, 6) is -0.206. The Morgan fingerprint density at radius 1 is 1.06 bits per heavy atom. The highest BCUT2D eigenvalue weighted by Crippen LogP contribution is 2.39. The summed E-state index contributed by atoms with van der Waals surface area (Å²) in [4.78, 5) is 20.8. The van der Waals surface area contributed by atoms with Gasteiger partial charge in [-0.2, -0.15) is 0 Å². The van der Waals surface area contributed by atoms with Crippen molar-refractivity contribution in [2.75, 3.05) is 7.11 Å². The van der Waals surface area contributed by atoms with E-state index in [2.05, 4.69) is 15.2 Å². The number of ether oxygens (including phenoxy) is 1. The molecule has 168 valence electrons. The van der Waals surface area contributed by atoms with E-state index in [1.807, 2.05) is 43.3 Å². The molecule has 0 fully saturated rings. The van der Waals surface area contributed by atoms with Gasteiger partial charge >= 0.3 is 0 Å². The number of nitrogens with zero attached hydrogens (tertiary/aromatic N) is 3. The van der Waals surface area contributed by atoms with Crippen LogP contribution in [0.5, 0.6) is 11.6 Å². The van der Waals surface area contributed by atoms with Crippen LogP contribution in [0.4, 0.5) is 5.69 Å². The molecule has 0 saturated heterocycles. The molecule has 2 aromatic heterocycles. The fourth-order valence-corrected chi connectivity index (χ4v) is 4.20. The highest BCUT2D eigenvalue weighted by molar-refractivity contribution is 6.35. The number of azo groups is 1. The number of amides is 1. The highest BCUT2D eigenvalue weighted by atomic mass is 35.5. The highest BCUT2D eigenvalue weighted by Gasteiger charge is 2.17. The van der Waals surface area contributed by atoms with Gasteiger partial charge in [-0.1, -0.05) is 41.9 Å². The molecular formula is C26H19ClN4O3. The van der Waals surface area contributed by atoms with Gasteiger partial charge in [0, 0.05) is 16.3 Å². The maximum absolute atomic E-state index is 13.3. The molecule has 0 radical (unpaired) electrons. The number of nitrogens with one attached hydrogen (secondary N) is 1. The van der Waals surface area contributed by atoms with Crippen molar-refractivity contribution >= 4 is 45.0 Å². The Morgan fingerprint density at radius 3 is 2.62 bits per heavy atom. The summed E-state index contributed by atoms with van der Waals surface area (Å²) in [7, 11) is 1.56. The van der Waals surface area contributed by atoms with Crippen molar-refractivity contribution in [2.45, 2.75) is 6.92 Å². The zero-order valence-electron chi connectivity index (χ0n) is 18.3. The van der Waals surface area contributed by atoms with Crippen LogP contribution in [0.15, 0.2) is 77.0 Å². The van der Waals surface area contributed by atoms with Gasteiger partial charge in [-0.3, -0.25) is 4.79 Å². The van der Waals surface area contributed by atoms with E-state index in [1.54, 1.807) is 37.4 Å². The average Bonchev–Trinajstić information content (AvgIpc) is 3.17. The van der Waals surface area contributed by atoms with Crippen LogP contribution in [-0.2, 0) is 0 Å². The number of H-pyrrole nitrogens is 1. The van der Waals surface area contributed by atoms with Crippen molar-refractivity contribution in [2.24, 2.45) is 10.2 Å². The van der Waals surface area contributed by atoms with Crippen molar-refractivity contribution in [1.29, 1.82) is 0 Å². The first-order valence-corrected chi connectivity index (χ1v) is 10.8. The third kappa shape index (κ3) is 3.86. The summed E-state index contributed by atoms with van der Waals surface area (Å²) in [6, 6.07) is 20.2. The van der Waals surface area contributed by atoms with Crippen molar-refractivity contribution in [3.63, 3.8) is 0 Å². The van der Waals surface area contributed by atoms with E-state index < -0.39 is 5.91 Å². The van der Waals surface area contributed by atoms with E-state index in [0.29, 0.717) is 43.8 Å². The maximum atomic E-state index is 13.3. The zero-order chi connectivity index (χ0) is 23.8. The minimum absolute atomic E-state index is 0.146. The van der Waals surface area contributed by atoms with Gasteiger partial charge in [0.15, 0.2) is 5.69 Å². The Balaban J connectivity index is 1.64. The number of hydrogen-bond acceptors (Lipinski definition) is 5. The van der Waals surface area contributed by atoms with Gasteiger partial charge in [0.25, 0.3) is 5.91 Å². The second kappa shape index (κ2) is 8.61. The Labute approximate surface area is 199 Å². The molecule has 5 aromatic rings. The molecule has 0 unspecified atom stereocenters. The molecule has 34 heavy (non-hydrogen) atoms. The number of pyridine rings is 1. The van der Waals surface area contributed by atoms with Crippen LogP contribution in [-0.4, -0.2) is 28.1 Å². The quantitative estimate of drug-likeness (QED) is 0.276. The summed E-state index contributed by atoms with van der Waals surface area (Å²) >= 11 is 6.28. The molecule has 5 rings (SSSR count). The van der Waals surface area contributed by atoms with Crippen LogP contribution in [0.3, 0.4) is 0 Å². The molecule has 0 atom stereocenters. The third-order valence-corrected chi connectivity index (χ3v) is 5.81. The van der Waals surface area contributed by atoms with E-state index in [4.69, 9.17) is 21.3 Å². The third-order valence-electron chi connectivity index (χ3n) is 5.51. The molecule has 0 saturated carbocycles. The molecule has 7 nitrogen and oxygen atoms in total. The van der Waals surface area contributed by atoms with Crippen molar-refractivity contribution in [3.8, 4) is 22.9 Å². The lowest BCUT2D eigenvalue weighted by atomic mass is 10.0. The lowest BCUT2D eigenvalue weighted by molar-refractivity contribution is 0.0996. The van der Waals surface area contributed by atoms with E-state index in [0.717, 1.165) is 11.1 Å². The number of hydrogen-bond donors (Lipinski definition) is 2. The number of carbonyl (C=O) groups is 1. The maximum Gasteiger partial charge on any atom is 0.296 e. The predicted octanol–water partition coefficient (Wildman–Crippen LogP) is 6.98. The van der Waals surface area contributed by atoms with Crippen LogP contribution >= 0.6 is 11.6 Å². The van der Waals surface area contributed by atoms with Gasteiger partial charge in [-0.15, -0.1) is 10.2 Å². The summed E-state index contributed by atoms with van der Waals surface area (Å²) in [5.41, 5.74) is 4.00. The van der Waals surface area contributed by atoms with Crippen LogP contribution in [0.1, 0.15) is 15.9 Å². The first-order valence-electron chi connectivity index (χ1n) is 10.5. The Bertz CT molecular complexity index is 1590. The van der Waals surface area contributed by atoms with Gasteiger partial charge in [0.1, 0.15) is 5.75 Å². The molecule has 0 bridgehead atoms. The number of aryl methyl sites for hydroxylation is 1. The molecule has 0 aliphatic rings. The average molecular weight is 471 g/mol. The Hall–Kier alpha value is -4.23. The number of methoxy groups -OCH3 is 1. The first-order chi connectivity index (χ1) is 16.4. The molecule has 2 N–H and O–H groups in total. The van der Waals surface area contributed by atoms with Crippen LogP contribution in [0.25, 0.3) is 33.1 Å². The number of halogens is 1. The van der Waals surface area contributed by atoms with Crippen LogP contribution < -0.4 is 4.74 Å². The summed E-state index contributed by atoms with van der Waals surface area (Å²) in [6.07, 6.45) is 0. The topological polar surface area (TPSA) is 99.9 Å². The minimum Gasteiger partial charge on any atom is -0.497 e. The van der Waals surface area contributed by atoms with Crippen molar-refractivity contribution < 1.29 is 14.6 Å². The van der Waals surface area contributed by atoms with E-state index in [1.165, 1.54) is 0 Å². The number of aromatic hydroxyl groups is 1. The molecule has 0 aliphatic heterocycles.